The minimum atomic E-state index is 0.623. The molecule has 1 rings (SSSR count). The highest BCUT2D eigenvalue weighted by Gasteiger charge is 2.24. The zero-order valence-electron chi connectivity index (χ0n) is 7.92. The summed E-state index contributed by atoms with van der Waals surface area (Å²) in [4.78, 5) is 0. The molecule has 0 nitrogen and oxygen atoms in total. The Kier molecular flexibility index (Phi) is 4.04. The van der Waals surface area contributed by atoms with E-state index in [1.54, 1.807) is 0 Å². The number of hydrogen-bond acceptors (Lipinski definition) is 1. The molecule has 0 amide bonds. The highest BCUT2D eigenvalue weighted by Crippen LogP contribution is 2.34. The van der Waals surface area contributed by atoms with Crippen LogP contribution in [-0.2, 0) is 0 Å². The molecule has 0 N–H and O–H groups in total. The van der Waals surface area contributed by atoms with Crippen LogP contribution in [-0.4, -0.2) is 4.20 Å². The van der Waals surface area contributed by atoms with Crippen molar-refractivity contribution < 1.29 is 0 Å². The third-order valence-electron chi connectivity index (χ3n) is 3.06. The van der Waals surface area contributed by atoms with Crippen molar-refractivity contribution in [2.75, 3.05) is 0 Å². The summed E-state index contributed by atoms with van der Waals surface area (Å²) in [7, 11) is 0. The van der Waals surface area contributed by atoms with Crippen LogP contribution in [0.2, 0.25) is 0 Å². The van der Waals surface area contributed by atoms with Gasteiger partial charge in [-0.3, -0.25) is 0 Å². The lowest BCUT2D eigenvalue weighted by atomic mass is 9.77. The highest BCUT2D eigenvalue weighted by molar-refractivity contribution is 8.11. The van der Waals surface area contributed by atoms with Gasteiger partial charge in [0.1, 0.15) is 0 Å². The first kappa shape index (κ1) is 10.5. The molecule has 0 aromatic heterocycles. The maximum Gasteiger partial charge on any atom is 0.0479 e. The van der Waals surface area contributed by atoms with Crippen molar-refractivity contribution in [1.82, 2.24) is 0 Å². The lowest BCUT2D eigenvalue weighted by molar-refractivity contribution is 0.258. The number of hydrogen-bond donors (Lipinski definition) is 1. The summed E-state index contributed by atoms with van der Waals surface area (Å²) >= 11 is 9.34. The summed E-state index contributed by atoms with van der Waals surface area (Å²) in [6, 6.07) is 0. The van der Waals surface area contributed by atoms with Crippen molar-refractivity contribution >= 4 is 29.0 Å². The van der Waals surface area contributed by atoms with Gasteiger partial charge in [-0.25, -0.2) is 0 Å². The first-order chi connectivity index (χ1) is 5.61. The van der Waals surface area contributed by atoms with E-state index in [2.05, 4.69) is 26.5 Å². The molecule has 0 unspecified atom stereocenters. The first-order valence-corrected chi connectivity index (χ1v) is 5.69. The zero-order chi connectivity index (χ0) is 9.14. The monoisotopic (exact) mass is 202 g/mol. The second-order valence-corrected chi connectivity index (χ2v) is 5.42. The summed E-state index contributed by atoms with van der Waals surface area (Å²) in [6.07, 6.45) is 5.24. The first-order valence-electron chi connectivity index (χ1n) is 4.84. The van der Waals surface area contributed by atoms with Crippen LogP contribution in [0.5, 0.6) is 0 Å². The van der Waals surface area contributed by atoms with E-state index in [-0.39, 0.29) is 0 Å². The Morgan fingerprint density at radius 3 is 2.08 bits per heavy atom. The second kappa shape index (κ2) is 4.61. The molecule has 2 heteroatoms. The summed E-state index contributed by atoms with van der Waals surface area (Å²) in [5.74, 6) is 2.40. The molecule has 1 aliphatic carbocycles. The molecule has 0 aliphatic heterocycles. The predicted octanol–water partition coefficient (Wildman–Crippen LogP) is 3.71. The van der Waals surface area contributed by atoms with Gasteiger partial charge in [0.25, 0.3) is 0 Å². The molecule has 1 fully saturated rings. The number of rotatable bonds is 2. The molecule has 0 aromatic rings. The predicted molar refractivity (Wildman–Crippen MR) is 61.9 cm³/mol. The fourth-order valence-electron chi connectivity index (χ4n) is 2.03. The molecule has 0 saturated heterocycles. The SMILES string of the molecule is CC(C)C1CCC(C(=S)S)CC1. The van der Waals surface area contributed by atoms with Gasteiger partial charge in [-0.2, -0.15) is 0 Å². The highest BCUT2D eigenvalue weighted by atomic mass is 32.1. The van der Waals surface area contributed by atoms with Gasteiger partial charge in [-0.1, -0.05) is 26.1 Å². The molecule has 0 bridgehead atoms. The standard InChI is InChI=1S/C10H18S2/c1-7(2)8-3-5-9(6-4-8)10(11)12/h7-9H,3-6H2,1-2H3,(H,11,12). The van der Waals surface area contributed by atoms with Crippen molar-refractivity contribution in [3.8, 4) is 0 Å². The molecule has 0 spiro atoms. The van der Waals surface area contributed by atoms with E-state index in [1.165, 1.54) is 25.7 Å². The quantitative estimate of drug-likeness (QED) is 0.526. The van der Waals surface area contributed by atoms with E-state index >= 15 is 0 Å². The van der Waals surface area contributed by atoms with Crippen LogP contribution in [0.3, 0.4) is 0 Å². The normalized spacial score (nSPS) is 30.7. The van der Waals surface area contributed by atoms with E-state index in [1.807, 2.05) is 0 Å². The molecule has 0 aromatic carbocycles. The van der Waals surface area contributed by atoms with Gasteiger partial charge in [-0.15, -0.1) is 12.6 Å². The topological polar surface area (TPSA) is 0 Å². The minimum absolute atomic E-state index is 0.623. The minimum Gasteiger partial charge on any atom is -0.136 e. The van der Waals surface area contributed by atoms with Gasteiger partial charge < -0.3 is 0 Å². The van der Waals surface area contributed by atoms with E-state index in [0.717, 1.165) is 16.0 Å². The van der Waals surface area contributed by atoms with Crippen LogP contribution < -0.4 is 0 Å². The number of thiol groups is 1. The largest absolute Gasteiger partial charge is 0.136 e. The van der Waals surface area contributed by atoms with Gasteiger partial charge in [0.2, 0.25) is 0 Å². The van der Waals surface area contributed by atoms with E-state index in [4.69, 9.17) is 12.2 Å². The summed E-state index contributed by atoms with van der Waals surface area (Å²) < 4.78 is 0.928. The average Bonchev–Trinajstić information content (AvgIpc) is 2.04. The van der Waals surface area contributed by atoms with Crippen molar-refractivity contribution in [2.45, 2.75) is 39.5 Å². The lowest BCUT2D eigenvalue weighted by Gasteiger charge is -2.30. The fourth-order valence-corrected chi connectivity index (χ4v) is 2.53. The van der Waals surface area contributed by atoms with Gasteiger partial charge >= 0.3 is 0 Å². The molecule has 1 aliphatic rings. The molecular weight excluding hydrogens is 184 g/mol. The van der Waals surface area contributed by atoms with E-state index in [0.29, 0.717) is 5.92 Å². The van der Waals surface area contributed by atoms with Crippen molar-refractivity contribution in [1.29, 1.82) is 0 Å². The van der Waals surface area contributed by atoms with E-state index < -0.39 is 0 Å². The van der Waals surface area contributed by atoms with Crippen molar-refractivity contribution in [3.05, 3.63) is 0 Å². The third kappa shape index (κ3) is 2.74. The Hall–Kier alpha value is 0.440. The lowest BCUT2D eigenvalue weighted by Crippen LogP contribution is -2.21. The maximum absolute atomic E-state index is 5.08. The van der Waals surface area contributed by atoms with Crippen LogP contribution in [0.15, 0.2) is 0 Å². The van der Waals surface area contributed by atoms with Crippen molar-refractivity contribution in [3.63, 3.8) is 0 Å². The molecular formula is C10H18S2. The Labute approximate surface area is 86.5 Å². The van der Waals surface area contributed by atoms with Crippen LogP contribution in [0.1, 0.15) is 39.5 Å². The average molecular weight is 202 g/mol. The molecule has 0 radical (unpaired) electrons. The molecule has 12 heavy (non-hydrogen) atoms. The molecule has 0 heterocycles. The van der Waals surface area contributed by atoms with Crippen LogP contribution in [0, 0.1) is 17.8 Å². The molecule has 70 valence electrons. The molecule has 1 saturated carbocycles. The smallest absolute Gasteiger partial charge is 0.0479 e. The van der Waals surface area contributed by atoms with Gasteiger partial charge in [-0.05, 0) is 43.4 Å². The summed E-state index contributed by atoms with van der Waals surface area (Å²) in [5, 5.41) is 0. The van der Waals surface area contributed by atoms with Crippen LogP contribution in [0.25, 0.3) is 0 Å². The second-order valence-electron chi connectivity index (χ2n) is 4.19. The molecule has 0 atom stereocenters. The third-order valence-corrected chi connectivity index (χ3v) is 3.76. The Balaban J connectivity index is 2.34. The Bertz CT molecular complexity index is 155. The van der Waals surface area contributed by atoms with Crippen LogP contribution >= 0.6 is 24.8 Å². The summed E-state index contributed by atoms with van der Waals surface area (Å²) in [5.41, 5.74) is 0. The van der Waals surface area contributed by atoms with Crippen LogP contribution in [0.4, 0.5) is 0 Å². The zero-order valence-corrected chi connectivity index (χ0v) is 9.63. The maximum atomic E-state index is 5.08. The summed E-state index contributed by atoms with van der Waals surface area (Å²) in [6.45, 7) is 4.65. The van der Waals surface area contributed by atoms with Gasteiger partial charge in [0, 0.05) is 4.20 Å². The Morgan fingerprint density at radius 1 is 1.25 bits per heavy atom. The van der Waals surface area contributed by atoms with Gasteiger partial charge in [0.05, 0.1) is 0 Å². The fraction of sp³-hybridized carbons (Fsp3) is 0.900. The number of thiocarbonyl (C=S) groups is 1. The van der Waals surface area contributed by atoms with E-state index in [9.17, 15) is 0 Å². The van der Waals surface area contributed by atoms with Gasteiger partial charge in [0.15, 0.2) is 0 Å². The van der Waals surface area contributed by atoms with Crippen molar-refractivity contribution in [2.24, 2.45) is 17.8 Å². The Morgan fingerprint density at radius 2 is 1.75 bits per heavy atom.